The SMILES string of the molecule is COc1ccc(CNC2CCN(C)C2)c(Cl)c1OC. The van der Waals surface area contributed by atoms with Crippen LogP contribution in [0.3, 0.4) is 0 Å². The lowest BCUT2D eigenvalue weighted by atomic mass is 10.1. The van der Waals surface area contributed by atoms with Crippen LogP contribution in [0.25, 0.3) is 0 Å². The Hall–Kier alpha value is -0.970. The van der Waals surface area contributed by atoms with E-state index in [2.05, 4.69) is 17.3 Å². The van der Waals surface area contributed by atoms with E-state index >= 15 is 0 Å². The second kappa shape index (κ2) is 6.46. The van der Waals surface area contributed by atoms with E-state index in [-0.39, 0.29) is 0 Å². The van der Waals surface area contributed by atoms with Crippen LogP contribution < -0.4 is 14.8 Å². The van der Waals surface area contributed by atoms with Crippen molar-refractivity contribution in [3.63, 3.8) is 0 Å². The highest BCUT2D eigenvalue weighted by Crippen LogP contribution is 2.37. The first-order valence-corrected chi connectivity index (χ1v) is 6.84. The zero-order valence-electron chi connectivity index (χ0n) is 11.7. The van der Waals surface area contributed by atoms with E-state index in [4.69, 9.17) is 21.1 Å². The van der Waals surface area contributed by atoms with Gasteiger partial charge in [-0.2, -0.15) is 0 Å². The molecular weight excluding hydrogens is 264 g/mol. The van der Waals surface area contributed by atoms with Gasteiger partial charge in [0.25, 0.3) is 0 Å². The van der Waals surface area contributed by atoms with E-state index in [1.165, 1.54) is 6.42 Å². The zero-order valence-corrected chi connectivity index (χ0v) is 12.5. The number of likely N-dealkylation sites (N-methyl/N-ethyl adjacent to an activating group) is 1. The van der Waals surface area contributed by atoms with Gasteiger partial charge in [0.05, 0.1) is 19.2 Å². The van der Waals surface area contributed by atoms with E-state index in [1.54, 1.807) is 14.2 Å². The molecule has 1 aliphatic heterocycles. The summed E-state index contributed by atoms with van der Waals surface area (Å²) >= 11 is 6.35. The van der Waals surface area contributed by atoms with Gasteiger partial charge in [-0.1, -0.05) is 17.7 Å². The first-order chi connectivity index (χ1) is 9.15. The third kappa shape index (κ3) is 3.32. The standard InChI is InChI=1S/C14H21ClN2O2/c1-17-7-6-11(9-17)16-8-10-4-5-12(18-2)14(19-3)13(10)15/h4-5,11,16H,6-9H2,1-3H3. The molecule has 5 heteroatoms. The molecule has 0 amide bonds. The Kier molecular flexibility index (Phi) is 4.91. The monoisotopic (exact) mass is 284 g/mol. The number of nitrogens with one attached hydrogen (secondary N) is 1. The minimum absolute atomic E-state index is 0.536. The van der Waals surface area contributed by atoms with Gasteiger partial charge in [-0.25, -0.2) is 0 Å². The number of hydrogen-bond acceptors (Lipinski definition) is 4. The first-order valence-electron chi connectivity index (χ1n) is 6.47. The summed E-state index contributed by atoms with van der Waals surface area (Å²) in [6.07, 6.45) is 1.18. The highest BCUT2D eigenvalue weighted by atomic mass is 35.5. The van der Waals surface area contributed by atoms with Crippen LogP contribution in [0.2, 0.25) is 5.02 Å². The van der Waals surface area contributed by atoms with Crippen molar-refractivity contribution < 1.29 is 9.47 Å². The van der Waals surface area contributed by atoms with Gasteiger partial charge in [-0.05, 0) is 31.6 Å². The number of methoxy groups -OCH3 is 2. The molecule has 1 aromatic carbocycles. The number of nitrogens with zero attached hydrogens (tertiary/aromatic N) is 1. The van der Waals surface area contributed by atoms with E-state index in [0.717, 1.165) is 25.2 Å². The van der Waals surface area contributed by atoms with Crippen LogP contribution in [0.4, 0.5) is 0 Å². The summed E-state index contributed by atoms with van der Waals surface area (Å²) in [6.45, 7) is 2.99. The van der Waals surface area contributed by atoms with Gasteiger partial charge in [0, 0.05) is 19.1 Å². The lowest BCUT2D eigenvalue weighted by Gasteiger charge is -2.16. The van der Waals surface area contributed by atoms with Gasteiger partial charge < -0.3 is 19.7 Å². The molecule has 1 aliphatic rings. The number of likely N-dealkylation sites (tertiary alicyclic amines) is 1. The maximum atomic E-state index is 6.35. The molecular formula is C14H21ClN2O2. The van der Waals surface area contributed by atoms with Crippen LogP contribution in [-0.4, -0.2) is 45.3 Å². The summed E-state index contributed by atoms with van der Waals surface area (Å²) in [7, 11) is 5.36. The molecule has 1 aromatic rings. The van der Waals surface area contributed by atoms with Gasteiger partial charge in [0.15, 0.2) is 11.5 Å². The highest BCUT2D eigenvalue weighted by molar-refractivity contribution is 6.33. The highest BCUT2D eigenvalue weighted by Gasteiger charge is 2.19. The van der Waals surface area contributed by atoms with Crippen molar-refractivity contribution in [1.82, 2.24) is 10.2 Å². The lowest BCUT2D eigenvalue weighted by Crippen LogP contribution is -2.31. The molecule has 2 rings (SSSR count). The van der Waals surface area contributed by atoms with Gasteiger partial charge in [0.1, 0.15) is 0 Å². The third-order valence-electron chi connectivity index (χ3n) is 3.54. The molecule has 1 N–H and O–H groups in total. The Morgan fingerprint density at radius 1 is 1.37 bits per heavy atom. The second-order valence-electron chi connectivity index (χ2n) is 4.90. The number of ether oxygens (including phenoxy) is 2. The maximum absolute atomic E-state index is 6.35. The minimum atomic E-state index is 0.536. The smallest absolute Gasteiger partial charge is 0.179 e. The van der Waals surface area contributed by atoms with Gasteiger partial charge in [0.2, 0.25) is 0 Å². The van der Waals surface area contributed by atoms with E-state index in [1.807, 2.05) is 12.1 Å². The summed E-state index contributed by atoms with van der Waals surface area (Å²) in [6, 6.07) is 4.41. The lowest BCUT2D eigenvalue weighted by molar-refractivity contribution is 0.354. The molecule has 1 atom stereocenters. The molecule has 1 fully saturated rings. The molecule has 0 aliphatic carbocycles. The van der Waals surface area contributed by atoms with Crippen LogP contribution in [0, 0.1) is 0 Å². The fourth-order valence-corrected chi connectivity index (χ4v) is 2.72. The first kappa shape index (κ1) is 14.4. The summed E-state index contributed by atoms with van der Waals surface area (Å²) in [5, 5.41) is 4.16. The molecule has 1 saturated heterocycles. The summed E-state index contributed by atoms with van der Waals surface area (Å²) < 4.78 is 10.5. The van der Waals surface area contributed by atoms with Crippen molar-refractivity contribution >= 4 is 11.6 Å². The molecule has 4 nitrogen and oxygen atoms in total. The molecule has 0 spiro atoms. The minimum Gasteiger partial charge on any atom is -0.493 e. The van der Waals surface area contributed by atoms with E-state index in [9.17, 15) is 0 Å². The predicted molar refractivity (Wildman–Crippen MR) is 77.3 cm³/mol. The van der Waals surface area contributed by atoms with Crippen LogP contribution in [0.1, 0.15) is 12.0 Å². The van der Waals surface area contributed by atoms with Crippen molar-refractivity contribution in [2.75, 3.05) is 34.4 Å². The van der Waals surface area contributed by atoms with Crippen molar-refractivity contribution in [2.24, 2.45) is 0 Å². The fourth-order valence-electron chi connectivity index (χ4n) is 2.42. The molecule has 106 valence electrons. The Balaban J connectivity index is 2.04. The largest absolute Gasteiger partial charge is 0.493 e. The normalized spacial score (nSPS) is 19.7. The molecule has 0 bridgehead atoms. The number of rotatable bonds is 5. The predicted octanol–water partition coefficient (Wildman–Crippen LogP) is 2.15. The third-order valence-corrected chi connectivity index (χ3v) is 3.95. The quantitative estimate of drug-likeness (QED) is 0.898. The summed E-state index contributed by atoms with van der Waals surface area (Å²) in [5.41, 5.74) is 1.04. The molecule has 1 unspecified atom stereocenters. The van der Waals surface area contributed by atoms with E-state index in [0.29, 0.717) is 22.6 Å². The average molecular weight is 285 g/mol. The van der Waals surface area contributed by atoms with Crippen molar-refractivity contribution in [1.29, 1.82) is 0 Å². The van der Waals surface area contributed by atoms with Crippen LogP contribution in [0.5, 0.6) is 11.5 Å². The molecule has 0 radical (unpaired) electrons. The topological polar surface area (TPSA) is 33.7 Å². The molecule has 1 heterocycles. The average Bonchev–Trinajstić information content (AvgIpc) is 2.82. The van der Waals surface area contributed by atoms with Crippen molar-refractivity contribution in [2.45, 2.75) is 19.0 Å². The zero-order chi connectivity index (χ0) is 13.8. The Morgan fingerprint density at radius 3 is 2.74 bits per heavy atom. The Labute approximate surface area is 119 Å². The number of hydrogen-bond donors (Lipinski definition) is 1. The Bertz CT molecular complexity index is 440. The molecule has 0 saturated carbocycles. The van der Waals surface area contributed by atoms with Crippen LogP contribution in [-0.2, 0) is 6.54 Å². The summed E-state index contributed by atoms with van der Waals surface area (Å²) in [5.74, 6) is 1.27. The van der Waals surface area contributed by atoms with Gasteiger partial charge in [-0.15, -0.1) is 0 Å². The number of benzene rings is 1. The second-order valence-corrected chi connectivity index (χ2v) is 5.28. The van der Waals surface area contributed by atoms with Gasteiger partial charge in [-0.3, -0.25) is 0 Å². The number of halogens is 1. The van der Waals surface area contributed by atoms with Gasteiger partial charge >= 0.3 is 0 Å². The van der Waals surface area contributed by atoms with Crippen molar-refractivity contribution in [3.05, 3.63) is 22.7 Å². The molecule has 19 heavy (non-hydrogen) atoms. The molecule has 0 aromatic heterocycles. The van der Waals surface area contributed by atoms with Crippen molar-refractivity contribution in [3.8, 4) is 11.5 Å². The Morgan fingerprint density at radius 2 is 2.16 bits per heavy atom. The maximum Gasteiger partial charge on any atom is 0.179 e. The van der Waals surface area contributed by atoms with Crippen LogP contribution in [0.15, 0.2) is 12.1 Å². The fraction of sp³-hybridized carbons (Fsp3) is 0.571. The van der Waals surface area contributed by atoms with Crippen LogP contribution >= 0.6 is 11.6 Å². The summed E-state index contributed by atoms with van der Waals surface area (Å²) in [4.78, 5) is 2.33. The van der Waals surface area contributed by atoms with E-state index < -0.39 is 0 Å².